The predicted octanol–water partition coefficient (Wildman–Crippen LogP) is 3.46. The number of carbonyl (C=O) groups excluding carboxylic acids is 1. The van der Waals surface area contributed by atoms with Crippen LogP contribution in [-0.4, -0.2) is 33.9 Å². The molecule has 0 atom stereocenters. The fourth-order valence-corrected chi connectivity index (χ4v) is 3.45. The Hall–Kier alpha value is -2.72. The number of hydrogen-bond acceptors (Lipinski definition) is 5. The van der Waals surface area contributed by atoms with Crippen LogP contribution in [0.2, 0.25) is 0 Å². The SMILES string of the molecule is CCN(CC(=O)Nc1ccccc1C(F)(F)F)Cc1nc2ccsc2c(=O)[nH]1. The maximum atomic E-state index is 13.1. The number of hydrogen-bond donors (Lipinski definition) is 2. The van der Waals surface area contributed by atoms with Crippen molar-refractivity contribution in [1.82, 2.24) is 14.9 Å². The first-order valence-electron chi connectivity index (χ1n) is 8.42. The standard InChI is InChI=1S/C18H17F3N4O2S/c1-2-25(9-14-22-13-7-8-28-16(13)17(27)24-14)10-15(26)23-12-6-4-3-5-11(12)18(19,20)21/h3-8H,2,9-10H2,1H3,(H,23,26)(H,22,24,27). The van der Waals surface area contributed by atoms with Crippen LogP contribution in [0.1, 0.15) is 18.3 Å². The summed E-state index contributed by atoms with van der Waals surface area (Å²) < 4.78 is 39.7. The van der Waals surface area contributed by atoms with Crippen LogP contribution in [0.3, 0.4) is 0 Å². The van der Waals surface area contributed by atoms with Crippen molar-refractivity contribution >= 4 is 33.1 Å². The predicted molar refractivity (Wildman–Crippen MR) is 101 cm³/mol. The van der Waals surface area contributed by atoms with Crippen molar-refractivity contribution in [2.45, 2.75) is 19.6 Å². The average molecular weight is 410 g/mol. The van der Waals surface area contributed by atoms with Gasteiger partial charge in [-0.1, -0.05) is 19.1 Å². The number of H-pyrrole nitrogens is 1. The number of alkyl halides is 3. The summed E-state index contributed by atoms with van der Waals surface area (Å²) in [5.41, 5.74) is -0.874. The summed E-state index contributed by atoms with van der Waals surface area (Å²) in [6, 6.07) is 6.54. The van der Waals surface area contributed by atoms with Crippen molar-refractivity contribution in [1.29, 1.82) is 0 Å². The van der Waals surface area contributed by atoms with E-state index in [1.807, 2.05) is 0 Å². The lowest BCUT2D eigenvalue weighted by Crippen LogP contribution is -2.34. The van der Waals surface area contributed by atoms with Crippen molar-refractivity contribution in [2.24, 2.45) is 0 Å². The van der Waals surface area contributed by atoms with E-state index >= 15 is 0 Å². The number of nitrogens with one attached hydrogen (secondary N) is 2. The summed E-state index contributed by atoms with van der Waals surface area (Å²) in [6.07, 6.45) is -4.56. The van der Waals surface area contributed by atoms with E-state index < -0.39 is 17.6 Å². The molecule has 3 rings (SSSR count). The summed E-state index contributed by atoms with van der Waals surface area (Å²) in [6.45, 7) is 2.29. The Bertz CT molecular complexity index is 1040. The second kappa shape index (κ2) is 8.11. The molecule has 0 saturated heterocycles. The molecule has 0 spiro atoms. The van der Waals surface area contributed by atoms with Crippen LogP contribution in [0.15, 0.2) is 40.5 Å². The minimum absolute atomic E-state index is 0.145. The maximum Gasteiger partial charge on any atom is 0.418 e. The normalized spacial score (nSPS) is 11.9. The molecule has 2 heterocycles. The van der Waals surface area contributed by atoms with E-state index in [0.717, 1.165) is 6.07 Å². The Labute approximate surface area is 162 Å². The molecule has 0 aliphatic heterocycles. The molecule has 0 radical (unpaired) electrons. The Balaban J connectivity index is 1.71. The highest BCUT2D eigenvalue weighted by Crippen LogP contribution is 2.34. The lowest BCUT2D eigenvalue weighted by atomic mass is 10.1. The lowest BCUT2D eigenvalue weighted by molar-refractivity contribution is -0.137. The fraction of sp³-hybridized carbons (Fsp3) is 0.278. The number of para-hydroxylation sites is 1. The van der Waals surface area contributed by atoms with Crippen LogP contribution in [0.5, 0.6) is 0 Å². The molecule has 1 aromatic carbocycles. The van der Waals surface area contributed by atoms with Crippen molar-refractivity contribution in [3.63, 3.8) is 0 Å². The number of thiophene rings is 1. The third kappa shape index (κ3) is 4.57. The zero-order chi connectivity index (χ0) is 20.3. The Morgan fingerprint density at radius 1 is 1.29 bits per heavy atom. The van der Waals surface area contributed by atoms with Gasteiger partial charge in [-0.05, 0) is 30.1 Å². The molecule has 3 aromatic rings. The van der Waals surface area contributed by atoms with E-state index in [9.17, 15) is 22.8 Å². The van der Waals surface area contributed by atoms with Crippen LogP contribution in [-0.2, 0) is 17.5 Å². The van der Waals surface area contributed by atoms with E-state index in [1.165, 1.54) is 29.5 Å². The van der Waals surface area contributed by atoms with Crippen LogP contribution in [0.25, 0.3) is 10.2 Å². The molecule has 10 heteroatoms. The van der Waals surface area contributed by atoms with Gasteiger partial charge >= 0.3 is 6.18 Å². The molecule has 2 aromatic heterocycles. The van der Waals surface area contributed by atoms with Gasteiger partial charge in [-0.3, -0.25) is 14.5 Å². The molecule has 0 unspecified atom stereocenters. The minimum atomic E-state index is -4.56. The molecule has 6 nitrogen and oxygen atoms in total. The van der Waals surface area contributed by atoms with Crippen molar-refractivity contribution in [2.75, 3.05) is 18.4 Å². The minimum Gasteiger partial charge on any atom is -0.324 e. The maximum absolute atomic E-state index is 13.1. The van der Waals surface area contributed by atoms with Gasteiger partial charge in [-0.2, -0.15) is 13.2 Å². The van der Waals surface area contributed by atoms with Gasteiger partial charge in [0.15, 0.2) is 0 Å². The average Bonchev–Trinajstić information content (AvgIpc) is 3.09. The van der Waals surface area contributed by atoms with Gasteiger partial charge in [-0.15, -0.1) is 11.3 Å². The second-order valence-corrected chi connectivity index (χ2v) is 6.96. The summed E-state index contributed by atoms with van der Waals surface area (Å²) in [4.78, 5) is 33.0. The fourth-order valence-electron chi connectivity index (χ4n) is 2.72. The number of carbonyl (C=O) groups is 1. The van der Waals surface area contributed by atoms with E-state index in [1.54, 1.807) is 23.3 Å². The van der Waals surface area contributed by atoms with Crippen LogP contribution in [0.4, 0.5) is 18.9 Å². The van der Waals surface area contributed by atoms with Gasteiger partial charge in [0.2, 0.25) is 5.91 Å². The Morgan fingerprint density at radius 2 is 2.04 bits per heavy atom. The highest BCUT2D eigenvalue weighted by Gasteiger charge is 2.33. The summed E-state index contributed by atoms with van der Waals surface area (Å²) >= 11 is 1.29. The highest BCUT2D eigenvalue weighted by molar-refractivity contribution is 7.17. The first kappa shape index (κ1) is 20.0. The quantitative estimate of drug-likeness (QED) is 0.652. The van der Waals surface area contributed by atoms with Gasteiger partial charge in [0.1, 0.15) is 10.5 Å². The number of benzene rings is 1. The van der Waals surface area contributed by atoms with Crippen LogP contribution >= 0.6 is 11.3 Å². The van der Waals surface area contributed by atoms with E-state index in [4.69, 9.17) is 0 Å². The number of fused-ring (bicyclic) bond motifs is 1. The molecule has 28 heavy (non-hydrogen) atoms. The topological polar surface area (TPSA) is 78.1 Å². The number of anilines is 1. The first-order chi connectivity index (χ1) is 13.3. The largest absolute Gasteiger partial charge is 0.418 e. The van der Waals surface area contributed by atoms with Gasteiger partial charge in [0.25, 0.3) is 5.56 Å². The first-order valence-corrected chi connectivity index (χ1v) is 9.30. The monoisotopic (exact) mass is 410 g/mol. The molecule has 2 N–H and O–H groups in total. The highest BCUT2D eigenvalue weighted by atomic mass is 32.1. The second-order valence-electron chi connectivity index (χ2n) is 6.04. The lowest BCUT2D eigenvalue weighted by Gasteiger charge is -2.20. The number of aromatic amines is 1. The number of rotatable bonds is 6. The summed E-state index contributed by atoms with van der Waals surface area (Å²) in [5.74, 6) is -0.196. The van der Waals surface area contributed by atoms with Crippen LogP contribution in [0, 0.1) is 0 Å². The van der Waals surface area contributed by atoms with Crippen molar-refractivity contribution in [3.05, 3.63) is 57.5 Å². The van der Waals surface area contributed by atoms with E-state index in [-0.39, 0.29) is 24.3 Å². The molecule has 0 bridgehead atoms. The summed E-state index contributed by atoms with van der Waals surface area (Å²) in [7, 11) is 0. The van der Waals surface area contributed by atoms with Gasteiger partial charge in [0, 0.05) is 0 Å². The number of likely N-dealkylation sites (N-methyl/N-ethyl adjacent to an activating group) is 1. The summed E-state index contributed by atoms with van der Waals surface area (Å²) in [5, 5.41) is 4.08. The molecule has 0 saturated carbocycles. The third-order valence-electron chi connectivity index (χ3n) is 4.06. The number of nitrogens with zero attached hydrogens (tertiary/aromatic N) is 2. The molecular weight excluding hydrogens is 393 g/mol. The Kier molecular flexibility index (Phi) is 5.80. The molecule has 0 fully saturated rings. The van der Waals surface area contributed by atoms with Gasteiger partial charge in [0.05, 0.1) is 29.9 Å². The molecule has 148 valence electrons. The van der Waals surface area contributed by atoms with E-state index in [2.05, 4.69) is 15.3 Å². The van der Waals surface area contributed by atoms with Gasteiger partial charge < -0.3 is 10.3 Å². The van der Waals surface area contributed by atoms with Crippen LogP contribution < -0.4 is 10.9 Å². The number of amides is 1. The number of halogens is 3. The van der Waals surface area contributed by atoms with E-state index in [0.29, 0.717) is 22.6 Å². The number of aromatic nitrogens is 2. The third-order valence-corrected chi connectivity index (χ3v) is 4.96. The zero-order valence-corrected chi connectivity index (χ0v) is 15.7. The Morgan fingerprint density at radius 3 is 2.75 bits per heavy atom. The molecular formula is C18H17F3N4O2S. The molecule has 0 aliphatic rings. The van der Waals surface area contributed by atoms with Crippen molar-refractivity contribution in [3.8, 4) is 0 Å². The molecule has 0 aliphatic carbocycles. The molecule has 1 amide bonds. The zero-order valence-electron chi connectivity index (χ0n) is 14.8. The van der Waals surface area contributed by atoms with Crippen molar-refractivity contribution < 1.29 is 18.0 Å². The smallest absolute Gasteiger partial charge is 0.324 e. The van der Waals surface area contributed by atoms with Gasteiger partial charge in [-0.25, -0.2) is 4.98 Å².